The smallest absolute Gasteiger partial charge is 0.255 e. The van der Waals surface area contributed by atoms with Crippen LogP contribution in [-0.4, -0.2) is 24.9 Å². The number of amides is 1. The van der Waals surface area contributed by atoms with Crippen LogP contribution in [0.3, 0.4) is 0 Å². The molecule has 2 rings (SSSR count). The van der Waals surface area contributed by atoms with Crippen LogP contribution in [0.1, 0.15) is 10.4 Å². The van der Waals surface area contributed by atoms with E-state index in [-0.39, 0.29) is 19.0 Å². The molecule has 0 atom stereocenters. The van der Waals surface area contributed by atoms with Crippen LogP contribution in [0, 0.1) is 0 Å². The van der Waals surface area contributed by atoms with E-state index in [0.29, 0.717) is 17.1 Å². The molecule has 1 aromatic rings. The third-order valence-corrected chi connectivity index (χ3v) is 1.99. The van der Waals surface area contributed by atoms with Crippen molar-refractivity contribution in [3.63, 3.8) is 0 Å². The largest absolute Gasteiger partial charge is 0.485 e. The lowest BCUT2D eigenvalue weighted by molar-refractivity contribution is -0.119. The Kier molecular flexibility index (Phi) is 2.29. The molecule has 0 aliphatic carbocycles. The van der Waals surface area contributed by atoms with Crippen LogP contribution < -0.4 is 15.2 Å². The molecule has 0 saturated heterocycles. The summed E-state index contributed by atoms with van der Waals surface area (Å²) in [5.74, 6) is 0.350. The van der Waals surface area contributed by atoms with Crippen molar-refractivity contribution in [3.8, 4) is 11.5 Å². The summed E-state index contributed by atoms with van der Waals surface area (Å²) in [6.07, 6.45) is 0. The van der Waals surface area contributed by atoms with Gasteiger partial charge in [0.05, 0.1) is 5.56 Å². The molecule has 0 saturated carbocycles. The summed E-state index contributed by atoms with van der Waals surface area (Å²) in [5.41, 5.74) is 5.47. The average molecular weight is 207 g/mol. The molecule has 0 spiro atoms. The Hall–Kier alpha value is -2.04. The third-order valence-electron chi connectivity index (χ3n) is 1.99. The predicted octanol–water partition coefficient (Wildman–Crippen LogP) is 0.126. The van der Waals surface area contributed by atoms with Crippen molar-refractivity contribution in [2.45, 2.75) is 0 Å². The van der Waals surface area contributed by atoms with E-state index in [1.165, 1.54) is 0 Å². The Balaban J connectivity index is 2.16. The molecule has 5 nitrogen and oxygen atoms in total. The van der Waals surface area contributed by atoms with Gasteiger partial charge in [0.15, 0.2) is 13.2 Å². The number of carbonyl (C=O) groups is 2. The Morgan fingerprint density at radius 2 is 2.33 bits per heavy atom. The number of ketones is 1. The fourth-order valence-corrected chi connectivity index (χ4v) is 1.32. The Bertz CT molecular complexity index is 427. The highest BCUT2D eigenvalue weighted by atomic mass is 16.5. The van der Waals surface area contributed by atoms with E-state index >= 15 is 0 Å². The number of hydrogen-bond acceptors (Lipinski definition) is 4. The number of primary amides is 1. The number of nitrogens with two attached hydrogens (primary N) is 1. The molecular formula is C10H9NO4. The molecule has 1 aliphatic rings. The average Bonchev–Trinajstić information content (AvgIpc) is 2.57. The summed E-state index contributed by atoms with van der Waals surface area (Å²) in [6, 6.07) is 4.79. The Morgan fingerprint density at radius 1 is 1.53 bits per heavy atom. The summed E-state index contributed by atoms with van der Waals surface area (Å²) in [4.78, 5) is 21.7. The first-order valence-electron chi connectivity index (χ1n) is 4.38. The second-order valence-corrected chi connectivity index (χ2v) is 3.12. The van der Waals surface area contributed by atoms with Crippen LogP contribution in [0.15, 0.2) is 18.2 Å². The molecule has 0 fully saturated rings. The number of Topliss-reactive ketones (excluding diaryl/α,β-unsaturated/α-hetero) is 1. The molecule has 0 aromatic heterocycles. The normalized spacial score (nSPS) is 13.2. The molecule has 1 amide bonds. The molecule has 15 heavy (non-hydrogen) atoms. The zero-order valence-corrected chi connectivity index (χ0v) is 7.86. The van der Waals surface area contributed by atoms with E-state index in [0.717, 1.165) is 0 Å². The second kappa shape index (κ2) is 3.61. The van der Waals surface area contributed by atoms with Gasteiger partial charge in [-0.2, -0.15) is 0 Å². The van der Waals surface area contributed by atoms with Gasteiger partial charge in [0.1, 0.15) is 11.5 Å². The van der Waals surface area contributed by atoms with Gasteiger partial charge < -0.3 is 15.2 Å². The van der Waals surface area contributed by atoms with Crippen molar-refractivity contribution in [2.24, 2.45) is 5.73 Å². The van der Waals surface area contributed by atoms with Crippen LogP contribution in [0.5, 0.6) is 11.5 Å². The molecular weight excluding hydrogens is 198 g/mol. The molecule has 1 aromatic carbocycles. The van der Waals surface area contributed by atoms with E-state index in [1.807, 2.05) is 0 Å². The lowest BCUT2D eigenvalue weighted by Gasteiger charge is -2.04. The quantitative estimate of drug-likeness (QED) is 0.763. The molecule has 0 bridgehead atoms. The van der Waals surface area contributed by atoms with Gasteiger partial charge in [-0.15, -0.1) is 0 Å². The summed E-state index contributed by atoms with van der Waals surface area (Å²) in [5, 5.41) is 0. The van der Waals surface area contributed by atoms with Gasteiger partial charge in [-0.3, -0.25) is 9.59 Å². The van der Waals surface area contributed by atoms with Gasteiger partial charge in [0.2, 0.25) is 5.78 Å². The first-order chi connectivity index (χ1) is 7.16. The predicted molar refractivity (Wildman–Crippen MR) is 51.0 cm³/mol. The highest BCUT2D eigenvalue weighted by Gasteiger charge is 2.21. The highest BCUT2D eigenvalue weighted by Crippen LogP contribution is 2.29. The van der Waals surface area contributed by atoms with E-state index in [9.17, 15) is 9.59 Å². The summed E-state index contributed by atoms with van der Waals surface area (Å²) < 4.78 is 10.2. The molecule has 1 heterocycles. The lowest BCUT2D eigenvalue weighted by Crippen LogP contribution is -2.19. The van der Waals surface area contributed by atoms with E-state index in [4.69, 9.17) is 15.2 Å². The number of hydrogen-bond donors (Lipinski definition) is 1. The molecule has 5 heteroatoms. The van der Waals surface area contributed by atoms with Gasteiger partial charge in [0.25, 0.3) is 5.91 Å². The van der Waals surface area contributed by atoms with Crippen molar-refractivity contribution in [3.05, 3.63) is 23.8 Å². The topological polar surface area (TPSA) is 78.6 Å². The fraction of sp³-hybridized carbons (Fsp3) is 0.200. The minimum atomic E-state index is -0.549. The van der Waals surface area contributed by atoms with Crippen molar-refractivity contribution in [2.75, 3.05) is 13.2 Å². The zero-order valence-electron chi connectivity index (χ0n) is 7.86. The Morgan fingerprint density at radius 3 is 3.07 bits per heavy atom. The van der Waals surface area contributed by atoms with Crippen molar-refractivity contribution < 1.29 is 19.1 Å². The van der Waals surface area contributed by atoms with Crippen LogP contribution in [-0.2, 0) is 4.79 Å². The van der Waals surface area contributed by atoms with E-state index < -0.39 is 5.91 Å². The fourth-order valence-electron chi connectivity index (χ4n) is 1.32. The SMILES string of the molecule is NC(=O)COc1ccc2c(c1)OCC2=O. The number of rotatable bonds is 3. The van der Waals surface area contributed by atoms with Crippen LogP contribution in [0.2, 0.25) is 0 Å². The van der Waals surface area contributed by atoms with Crippen LogP contribution in [0.4, 0.5) is 0 Å². The maximum atomic E-state index is 11.2. The maximum Gasteiger partial charge on any atom is 0.255 e. The van der Waals surface area contributed by atoms with Gasteiger partial charge in [-0.1, -0.05) is 0 Å². The molecule has 1 aliphatic heterocycles. The first kappa shape index (κ1) is 9.51. The van der Waals surface area contributed by atoms with Gasteiger partial charge in [-0.25, -0.2) is 0 Å². The van der Waals surface area contributed by atoms with Crippen molar-refractivity contribution >= 4 is 11.7 Å². The van der Waals surface area contributed by atoms with Crippen molar-refractivity contribution in [1.82, 2.24) is 0 Å². The first-order valence-corrected chi connectivity index (χ1v) is 4.38. The third kappa shape index (κ3) is 1.90. The maximum absolute atomic E-state index is 11.2. The number of carbonyl (C=O) groups excluding carboxylic acids is 2. The minimum Gasteiger partial charge on any atom is -0.485 e. The standard InChI is InChI=1S/C10H9NO4/c11-10(13)5-14-6-1-2-7-8(12)4-15-9(7)3-6/h1-3H,4-5H2,(H2,11,13). The van der Waals surface area contributed by atoms with Gasteiger partial charge in [-0.05, 0) is 12.1 Å². The van der Waals surface area contributed by atoms with Gasteiger partial charge >= 0.3 is 0 Å². The second-order valence-electron chi connectivity index (χ2n) is 3.12. The zero-order chi connectivity index (χ0) is 10.8. The summed E-state index contributed by atoms with van der Waals surface area (Å²) in [6.45, 7) is -0.124. The molecule has 2 N–H and O–H groups in total. The summed E-state index contributed by atoms with van der Waals surface area (Å²) in [7, 11) is 0. The van der Waals surface area contributed by atoms with E-state index in [1.54, 1.807) is 18.2 Å². The Labute approximate surface area is 85.8 Å². The highest BCUT2D eigenvalue weighted by molar-refractivity contribution is 6.02. The monoisotopic (exact) mass is 207 g/mol. The number of ether oxygens (including phenoxy) is 2. The van der Waals surface area contributed by atoms with Crippen molar-refractivity contribution in [1.29, 1.82) is 0 Å². The number of benzene rings is 1. The van der Waals surface area contributed by atoms with Crippen LogP contribution in [0.25, 0.3) is 0 Å². The molecule has 0 radical (unpaired) electrons. The minimum absolute atomic E-state index is 0.0496. The van der Waals surface area contributed by atoms with E-state index in [2.05, 4.69) is 0 Å². The van der Waals surface area contributed by atoms with Gasteiger partial charge in [0, 0.05) is 6.07 Å². The lowest BCUT2D eigenvalue weighted by atomic mass is 10.1. The molecule has 0 unspecified atom stereocenters. The molecule has 78 valence electrons. The van der Waals surface area contributed by atoms with Crippen LogP contribution >= 0.6 is 0 Å². The number of fused-ring (bicyclic) bond motifs is 1. The summed E-state index contributed by atoms with van der Waals surface area (Å²) >= 11 is 0.